The molecule has 4 nitrogen and oxygen atoms in total. The maximum Gasteiger partial charge on any atom is 0.239 e. The van der Waals surface area contributed by atoms with Gasteiger partial charge in [0.15, 0.2) is 0 Å². The number of piperazine rings is 1. The molecule has 0 radical (unpaired) electrons. The number of hydrogen-bond donors (Lipinski definition) is 1. The molecule has 2 fully saturated rings. The van der Waals surface area contributed by atoms with Gasteiger partial charge in [-0.05, 0) is 31.5 Å². The van der Waals surface area contributed by atoms with E-state index in [1.54, 1.807) is 12.1 Å². The van der Waals surface area contributed by atoms with Gasteiger partial charge in [0.2, 0.25) is 5.91 Å². The number of para-hydroxylation sites is 1. The van der Waals surface area contributed by atoms with Gasteiger partial charge in [0.25, 0.3) is 0 Å². The average molecular weight is 364 g/mol. The van der Waals surface area contributed by atoms with Crippen LogP contribution >= 0.6 is 24.8 Å². The van der Waals surface area contributed by atoms with Crippen LogP contribution in [0.25, 0.3) is 0 Å². The Morgan fingerprint density at radius 3 is 2.39 bits per heavy atom. The molecule has 1 aromatic carbocycles. The van der Waals surface area contributed by atoms with E-state index in [2.05, 4.69) is 5.32 Å². The quantitative estimate of drug-likeness (QED) is 0.876. The van der Waals surface area contributed by atoms with Gasteiger partial charge in [-0.1, -0.05) is 18.6 Å². The minimum atomic E-state index is -0.189. The van der Waals surface area contributed by atoms with Gasteiger partial charge in [0, 0.05) is 26.2 Å². The number of hydrogen-bond acceptors (Lipinski definition) is 3. The predicted molar refractivity (Wildman–Crippen MR) is 95.3 cm³/mol. The number of carbonyl (C=O) groups is 1. The number of carbonyl (C=O) groups excluding carboxylic acids is 1. The molecule has 7 heteroatoms. The first-order valence-electron chi connectivity index (χ1n) is 7.77. The Balaban J connectivity index is 0.00000132. The van der Waals surface area contributed by atoms with Crippen LogP contribution in [0.15, 0.2) is 24.3 Å². The Hall–Kier alpha value is -1.04. The molecule has 0 aliphatic carbocycles. The number of rotatable bonds is 2. The first-order chi connectivity index (χ1) is 10.3. The second kappa shape index (κ2) is 9.30. The molecule has 2 heterocycles. The lowest BCUT2D eigenvalue weighted by Gasteiger charge is -2.38. The van der Waals surface area contributed by atoms with E-state index in [9.17, 15) is 9.18 Å². The van der Waals surface area contributed by atoms with Crippen LogP contribution < -0.4 is 10.2 Å². The zero-order valence-corrected chi connectivity index (χ0v) is 14.7. The summed E-state index contributed by atoms with van der Waals surface area (Å²) in [4.78, 5) is 16.4. The van der Waals surface area contributed by atoms with E-state index in [-0.39, 0.29) is 42.6 Å². The van der Waals surface area contributed by atoms with Gasteiger partial charge >= 0.3 is 0 Å². The van der Waals surface area contributed by atoms with Crippen molar-refractivity contribution in [3.63, 3.8) is 0 Å². The first kappa shape index (κ1) is 20.0. The van der Waals surface area contributed by atoms with Crippen molar-refractivity contribution < 1.29 is 9.18 Å². The van der Waals surface area contributed by atoms with Crippen molar-refractivity contribution in [2.45, 2.75) is 25.3 Å². The molecule has 2 aliphatic rings. The van der Waals surface area contributed by atoms with Crippen LogP contribution in [0, 0.1) is 5.82 Å². The number of amides is 1. The van der Waals surface area contributed by atoms with Gasteiger partial charge in [-0.15, -0.1) is 24.8 Å². The SMILES string of the molecule is Cl.Cl.O=C([C@@H]1CCCCN1)N1CCN(c2ccccc2F)CC1. The largest absolute Gasteiger partial charge is 0.366 e. The van der Waals surface area contributed by atoms with Crippen LogP contribution in [0.2, 0.25) is 0 Å². The fourth-order valence-electron chi connectivity index (χ4n) is 3.16. The molecule has 0 unspecified atom stereocenters. The highest BCUT2D eigenvalue weighted by Crippen LogP contribution is 2.20. The standard InChI is InChI=1S/C16H22FN3O.2ClH/c17-13-5-1-2-7-15(13)19-9-11-20(12-10-19)16(21)14-6-3-4-8-18-14;;/h1-2,5,7,14,18H,3-4,6,8-12H2;2*1H/t14-;;/m0../s1. The summed E-state index contributed by atoms with van der Waals surface area (Å²) in [5, 5.41) is 3.30. The number of piperidine rings is 1. The Kier molecular flexibility index (Phi) is 8.09. The highest BCUT2D eigenvalue weighted by Gasteiger charge is 2.28. The monoisotopic (exact) mass is 363 g/mol. The van der Waals surface area contributed by atoms with Gasteiger partial charge in [-0.2, -0.15) is 0 Å². The second-order valence-corrected chi connectivity index (χ2v) is 5.77. The van der Waals surface area contributed by atoms with Crippen molar-refractivity contribution in [1.82, 2.24) is 10.2 Å². The topological polar surface area (TPSA) is 35.6 Å². The smallest absolute Gasteiger partial charge is 0.239 e. The molecule has 0 spiro atoms. The molecule has 1 amide bonds. The molecule has 0 saturated carbocycles. The fourth-order valence-corrected chi connectivity index (χ4v) is 3.16. The zero-order valence-electron chi connectivity index (χ0n) is 13.0. The second-order valence-electron chi connectivity index (χ2n) is 5.77. The number of benzene rings is 1. The summed E-state index contributed by atoms with van der Waals surface area (Å²) in [6, 6.07) is 6.82. The third-order valence-electron chi connectivity index (χ3n) is 4.39. The summed E-state index contributed by atoms with van der Waals surface area (Å²) in [7, 11) is 0. The number of nitrogens with one attached hydrogen (secondary N) is 1. The lowest BCUT2D eigenvalue weighted by Crippen LogP contribution is -2.55. The van der Waals surface area contributed by atoms with Gasteiger partial charge in [-0.25, -0.2) is 4.39 Å². The molecule has 2 saturated heterocycles. The van der Waals surface area contributed by atoms with Crippen molar-refractivity contribution >= 4 is 36.4 Å². The van der Waals surface area contributed by atoms with Crippen LogP contribution in [0.1, 0.15) is 19.3 Å². The Morgan fingerprint density at radius 1 is 1.09 bits per heavy atom. The van der Waals surface area contributed by atoms with E-state index in [0.29, 0.717) is 31.9 Å². The highest BCUT2D eigenvalue weighted by atomic mass is 35.5. The molecule has 130 valence electrons. The molecule has 1 aromatic rings. The summed E-state index contributed by atoms with van der Waals surface area (Å²) in [5.41, 5.74) is 0.639. The van der Waals surface area contributed by atoms with Gasteiger partial charge < -0.3 is 15.1 Å². The highest BCUT2D eigenvalue weighted by molar-refractivity contribution is 5.85. The normalized spacial score (nSPS) is 21.2. The Bertz CT molecular complexity index is 504. The maximum absolute atomic E-state index is 13.8. The average Bonchev–Trinajstić information content (AvgIpc) is 2.56. The molecule has 1 atom stereocenters. The molecule has 23 heavy (non-hydrogen) atoms. The van der Waals surface area contributed by atoms with Crippen molar-refractivity contribution in [2.24, 2.45) is 0 Å². The summed E-state index contributed by atoms with van der Waals surface area (Å²) in [5.74, 6) is 0.0223. The van der Waals surface area contributed by atoms with Crippen molar-refractivity contribution in [3.05, 3.63) is 30.1 Å². The Labute approximate surface area is 149 Å². The molecule has 2 aliphatic heterocycles. The summed E-state index contributed by atoms with van der Waals surface area (Å²) in [6.45, 7) is 3.67. The lowest BCUT2D eigenvalue weighted by atomic mass is 10.0. The van der Waals surface area contributed by atoms with Crippen molar-refractivity contribution in [3.8, 4) is 0 Å². The maximum atomic E-state index is 13.8. The minimum absolute atomic E-state index is 0. The predicted octanol–water partition coefficient (Wildman–Crippen LogP) is 2.46. The van der Waals surface area contributed by atoms with E-state index in [0.717, 1.165) is 25.8 Å². The van der Waals surface area contributed by atoms with E-state index >= 15 is 0 Å². The van der Waals surface area contributed by atoms with Gasteiger partial charge in [0.1, 0.15) is 5.82 Å². The third kappa shape index (κ3) is 4.72. The van der Waals surface area contributed by atoms with Crippen LogP contribution in [-0.4, -0.2) is 49.6 Å². The number of nitrogens with zero attached hydrogens (tertiary/aromatic N) is 2. The van der Waals surface area contributed by atoms with E-state index in [4.69, 9.17) is 0 Å². The van der Waals surface area contributed by atoms with Crippen LogP contribution in [-0.2, 0) is 4.79 Å². The molecule has 0 aromatic heterocycles. The van der Waals surface area contributed by atoms with Gasteiger partial charge in [-0.3, -0.25) is 4.79 Å². The first-order valence-corrected chi connectivity index (χ1v) is 7.77. The number of halogens is 3. The van der Waals surface area contributed by atoms with Crippen LogP contribution in [0.4, 0.5) is 10.1 Å². The molecule has 3 rings (SSSR count). The third-order valence-corrected chi connectivity index (χ3v) is 4.39. The molecule has 0 bridgehead atoms. The fraction of sp³-hybridized carbons (Fsp3) is 0.562. The zero-order chi connectivity index (χ0) is 14.7. The van der Waals surface area contributed by atoms with Crippen molar-refractivity contribution in [1.29, 1.82) is 0 Å². The summed E-state index contributed by atoms with van der Waals surface area (Å²) in [6.07, 6.45) is 3.22. The van der Waals surface area contributed by atoms with Crippen LogP contribution in [0.5, 0.6) is 0 Å². The van der Waals surface area contributed by atoms with Crippen molar-refractivity contribution in [2.75, 3.05) is 37.6 Å². The number of anilines is 1. The van der Waals surface area contributed by atoms with E-state index in [1.807, 2.05) is 15.9 Å². The summed E-state index contributed by atoms with van der Waals surface area (Å²) >= 11 is 0. The lowest BCUT2D eigenvalue weighted by molar-refractivity contribution is -0.134. The molecular weight excluding hydrogens is 340 g/mol. The Morgan fingerprint density at radius 2 is 1.78 bits per heavy atom. The minimum Gasteiger partial charge on any atom is -0.366 e. The molecule has 1 N–H and O–H groups in total. The summed E-state index contributed by atoms with van der Waals surface area (Å²) < 4.78 is 13.8. The van der Waals surface area contributed by atoms with Crippen LogP contribution in [0.3, 0.4) is 0 Å². The van der Waals surface area contributed by atoms with E-state index in [1.165, 1.54) is 6.07 Å². The molecular formula is C16H24Cl2FN3O. The van der Waals surface area contributed by atoms with Gasteiger partial charge in [0.05, 0.1) is 11.7 Å². The van der Waals surface area contributed by atoms with E-state index < -0.39 is 0 Å².